The SMILES string of the molecule is CCCC(=O)NC(C)COc1ccc(C)cc1. The van der Waals surface area contributed by atoms with Gasteiger partial charge in [-0.1, -0.05) is 24.6 Å². The molecule has 0 spiro atoms. The molecule has 1 N–H and O–H groups in total. The lowest BCUT2D eigenvalue weighted by Crippen LogP contribution is -2.36. The third-order valence-corrected chi connectivity index (χ3v) is 2.41. The van der Waals surface area contributed by atoms with Gasteiger partial charge in [0, 0.05) is 6.42 Å². The maximum Gasteiger partial charge on any atom is 0.220 e. The lowest BCUT2D eigenvalue weighted by atomic mass is 10.2. The fraction of sp³-hybridized carbons (Fsp3) is 0.500. The predicted octanol–water partition coefficient (Wildman–Crippen LogP) is 2.68. The van der Waals surface area contributed by atoms with E-state index in [2.05, 4.69) is 5.32 Å². The number of nitrogens with one attached hydrogen (secondary N) is 1. The van der Waals surface area contributed by atoms with Crippen LogP contribution in [0.15, 0.2) is 24.3 Å². The van der Waals surface area contributed by atoms with Gasteiger partial charge in [-0.2, -0.15) is 0 Å². The molecule has 1 atom stereocenters. The average molecular weight is 235 g/mol. The second kappa shape index (κ2) is 6.94. The summed E-state index contributed by atoms with van der Waals surface area (Å²) in [6.07, 6.45) is 1.45. The first-order valence-electron chi connectivity index (χ1n) is 6.10. The zero-order valence-electron chi connectivity index (χ0n) is 10.8. The van der Waals surface area contributed by atoms with Gasteiger partial charge in [-0.15, -0.1) is 0 Å². The Balaban J connectivity index is 2.30. The quantitative estimate of drug-likeness (QED) is 0.823. The van der Waals surface area contributed by atoms with Crippen molar-refractivity contribution in [3.8, 4) is 5.75 Å². The molecule has 0 saturated carbocycles. The molecule has 1 aromatic carbocycles. The summed E-state index contributed by atoms with van der Waals surface area (Å²) in [5.41, 5.74) is 1.21. The fourth-order valence-corrected chi connectivity index (χ4v) is 1.47. The first-order valence-corrected chi connectivity index (χ1v) is 6.10. The fourth-order valence-electron chi connectivity index (χ4n) is 1.47. The number of benzene rings is 1. The Kier molecular flexibility index (Phi) is 5.53. The smallest absolute Gasteiger partial charge is 0.220 e. The van der Waals surface area contributed by atoms with Crippen molar-refractivity contribution in [2.75, 3.05) is 6.61 Å². The van der Waals surface area contributed by atoms with Gasteiger partial charge in [0.25, 0.3) is 0 Å². The van der Waals surface area contributed by atoms with E-state index in [0.29, 0.717) is 13.0 Å². The third kappa shape index (κ3) is 5.38. The molecule has 0 fully saturated rings. The largest absolute Gasteiger partial charge is 0.491 e. The Labute approximate surface area is 103 Å². The molecule has 0 saturated heterocycles. The lowest BCUT2D eigenvalue weighted by Gasteiger charge is -2.14. The van der Waals surface area contributed by atoms with E-state index in [1.165, 1.54) is 5.56 Å². The highest BCUT2D eigenvalue weighted by Gasteiger charge is 2.06. The normalized spacial score (nSPS) is 11.9. The molecule has 0 heterocycles. The van der Waals surface area contributed by atoms with Crippen LogP contribution >= 0.6 is 0 Å². The van der Waals surface area contributed by atoms with E-state index in [1.807, 2.05) is 45.0 Å². The van der Waals surface area contributed by atoms with Gasteiger partial charge in [0.2, 0.25) is 5.91 Å². The zero-order valence-corrected chi connectivity index (χ0v) is 10.8. The van der Waals surface area contributed by atoms with Gasteiger partial charge < -0.3 is 10.1 Å². The number of carbonyl (C=O) groups excluding carboxylic acids is 1. The molecule has 1 amide bonds. The second-order valence-corrected chi connectivity index (χ2v) is 4.34. The van der Waals surface area contributed by atoms with Crippen molar-refractivity contribution in [3.63, 3.8) is 0 Å². The topological polar surface area (TPSA) is 38.3 Å². The Hall–Kier alpha value is -1.51. The van der Waals surface area contributed by atoms with E-state index in [0.717, 1.165) is 12.2 Å². The van der Waals surface area contributed by atoms with Gasteiger partial charge in [0.05, 0.1) is 6.04 Å². The molecule has 0 radical (unpaired) electrons. The lowest BCUT2D eigenvalue weighted by molar-refractivity contribution is -0.121. The van der Waals surface area contributed by atoms with Gasteiger partial charge in [-0.05, 0) is 32.4 Å². The van der Waals surface area contributed by atoms with Crippen LogP contribution in [0.5, 0.6) is 5.75 Å². The number of ether oxygens (including phenoxy) is 1. The van der Waals surface area contributed by atoms with Crippen LogP contribution in [0, 0.1) is 6.92 Å². The Morgan fingerprint density at radius 3 is 2.59 bits per heavy atom. The van der Waals surface area contributed by atoms with Crippen molar-refractivity contribution in [2.45, 2.75) is 39.7 Å². The molecule has 0 bridgehead atoms. The van der Waals surface area contributed by atoms with Gasteiger partial charge in [0.15, 0.2) is 0 Å². The van der Waals surface area contributed by atoms with Crippen LogP contribution in [-0.2, 0) is 4.79 Å². The van der Waals surface area contributed by atoms with Crippen LogP contribution in [0.25, 0.3) is 0 Å². The summed E-state index contributed by atoms with van der Waals surface area (Å²) >= 11 is 0. The highest BCUT2D eigenvalue weighted by atomic mass is 16.5. The van der Waals surface area contributed by atoms with Crippen LogP contribution in [-0.4, -0.2) is 18.6 Å². The van der Waals surface area contributed by atoms with E-state index in [9.17, 15) is 4.79 Å². The van der Waals surface area contributed by atoms with E-state index < -0.39 is 0 Å². The third-order valence-electron chi connectivity index (χ3n) is 2.41. The maximum atomic E-state index is 11.3. The van der Waals surface area contributed by atoms with Crippen molar-refractivity contribution >= 4 is 5.91 Å². The summed E-state index contributed by atoms with van der Waals surface area (Å²) in [7, 11) is 0. The number of rotatable bonds is 6. The van der Waals surface area contributed by atoms with Crippen molar-refractivity contribution in [2.24, 2.45) is 0 Å². The van der Waals surface area contributed by atoms with E-state index in [4.69, 9.17) is 4.74 Å². The minimum Gasteiger partial charge on any atom is -0.491 e. The molecule has 0 aliphatic rings. The molecule has 94 valence electrons. The second-order valence-electron chi connectivity index (χ2n) is 4.34. The molecule has 0 aliphatic heterocycles. The van der Waals surface area contributed by atoms with Crippen molar-refractivity contribution < 1.29 is 9.53 Å². The van der Waals surface area contributed by atoms with Gasteiger partial charge in [-0.3, -0.25) is 4.79 Å². The Morgan fingerprint density at radius 2 is 2.00 bits per heavy atom. The van der Waals surface area contributed by atoms with Crippen LogP contribution in [0.4, 0.5) is 0 Å². The molecule has 1 rings (SSSR count). The molecule has 17 heavy (non-hydrogen) atoms. The highest BCUT2D eigenvalue weighted by Crippen LogP contribution is 2.11. The molecule has 0 aliphatic carbocycles. The summed E-state index contributed by atoms with van der Waals surface area (Å²) in [5, 5.41) is 2.90. The number of hydrogen-bond donors (Lipinski definition) is 1. The summed E-state index contributed by atoms with van der Waals surface area (Å²) < 4.78 is 5.59. The van der Waals surface area contributed by atoms with E-state index in [-0.39, 0.29) is 11.9 Å². The molecular formula is C14H21NO2. The molecular weight excluding hydrogens is 214 g/mol. The first kappa shape index (κ1) is 13.6. The van der Waals surface area contributed by atoms with Crippen LogP contribution < -0.4 is 10.1 Å². The monoisotopic (exact) mass is 235 g/mol. The standard InChI is InChI=1S/C14H21NO2/c1-4-5-14(16)15-12(3)10-17-13-8-6-11(2)7-9-13/h6-9,12H,4-5,10H2,1-3H3,(H,15,16). The van der Waals surface area contributed by atoms with Crippen molar-refractivity contribution in [1.29, 1.82) is 0 Å². The molecule has 3 heteroatoms. The van der Waals surface area contributed by atoms with Crippen LogP contribution in [0.1, 0.15) is 32.3 Å². The van der Waals surface area contributed by atoms with Gasteiger partial charge in [-0.25, -0.2) is 0 Å². The van der Waals surface area contributed by atoms with Crippen molar-refractivity contribution in [1.82, 2.24) is 5.32 Å². The molecule has 1 aromatic rings. The van der Waals surface area contributed by atoms with E-state index >= 15 is 0 Å². The summed E-state index contributed by atoms with van der Waals surface area (Å²) in [5.74, 6) is 0.930. The van der Waals surface area contributed by atoms with Crippen LogP contribution in [0.3, 0.4) is 0 Å². The minimum absolute atomic E-state index is 0.0374. The first-order chi connectivity index (χ1) is 8.11. The summed E-state index contributed by atoms with van der Waals surface area (Å²) in [6.45, 7) is 6.48. The number of carbonyl (C=O) groups is 1. The molecule has 3 nitrogen and oxygen atoms in total. The van der Waals surface area contributed by atoms with Crippen molar-refractivity contribution in [3.05, 3.63) is 29.8 Å². The predicted molar refractivity (Wildman–Crippen MR) is 69.2 cm³/mol. The average Bonchev–Trinajstić information content (AvgIpc) is 2.28. The van der Waals surface area contributed by atoms with Gasteiger partial charge in [0.1, 0.15) is 12.4 Å². The molecule has 0 aromatic heterocycles. The maximum absolute atomic E-state index is 11.3. The minimum atomic E-state index is 0.0374. The Bertz CT molecular complexity index is 346. The zero-order chi connectivity index (χ0) is 12.7. The Morgan fingerprint density at radius 1 is 1.35 bits per heavy atom. The number of aryl methyl sites for hydroxylation is 1. The van der Waals surface area contributed by atoms with Gasteiger partial charge >= 0.3 is 0 Å². The van der Waals surface area contributed by atoms with Crippen LogP contribution in [0.2, 0.25) is 0 Å². The summed E-state index contributed by atoms with van der Waals surface area (Å²) in [4.78, 5) is 11.3. The number of hydrogen-bond acceptors (Lipinski definition) is 2. The highest BCUT2D eigenvalue weighted by molar-refractivity contribution is 5.76. The summed E-state index contributed by atoms with van der Waals surface area (Å²) in [6, 6.07) is 7.94. The molecule has 1 unspecified atom stereocenters. The number of amides is 1. The van der Waals surface area contributed by atoms with E-state index in [1.54, 1.807) is 0 Å².